The highest BCUT2D eigenvalue weighted by molar-refractivity contribution is 6.32. The number of H-pyrrole nitrogens is 1. The van der Waals surface area contributed by atoms with Crippen LogP contribution in [-0.2, 0) is 16.1 Å². The van der Waals surface area contributed by atoms with Gasteiger partial charge in [0, 0.05) is 29.8 Å². The number of ether oxygens (including phenoxy) is 1. The van der Waals surface area contributed by atoms with Crippen LogP contribution in [0.25, 0.3) is 11.3 Å². The number of amides is 3. The summed E-state index contributed by atoms with van der Waals surface area (Å²) < 4.78 is 4.65. The SMILES string of the molecule is COC(=O)Nc1ccc2c(c1)NC(=O)CC/C=C/C[C@H](NC(=O)c1ccc(CN)cc1)c1nc-2c(Cl)[nH]1. The van der Waals surface area contributed by atoms with Gasteiger partial charge in [-0.05, 0) is 48.7 Å². The zero-order valence-corrected chi connectivity index (χ0v) is 20.9. The molecule has 1 aromatic heterocycles. The summed E-state index contributed by atoms with van der Waals surface area (Å²) in [6.45, 7) is 0.391. The molecule has 1 aliphatic rings. The van der Waals surface area contributed by atoms with Crippen LogP contribution in [0, 0.1) is 0 Å². The van der Waals surface area contributed by atoms with Crippen molar-refractivity contribution in [2.45, 2.75) is 31.8 Å². The Hall–Kier alpha value is -4.15. The predicted molar refractivity (Wildman–Crippen MR) is 141 cm³/mol. The van der Waals surface area contributed by atoms with Crippen LogP contribution in [0.3, 0.4) is 0 Å². The average molecular weight is 523 g/mol. The lowest BCUT2D eigenvalue weighted by Crippen LogP contribution is -2.29. The van der Waals surface area contributed by atoms with Gasteiger partial charge in [0.25, 0.3) is 5.91 Å². The van der Waals surface area contributed by atoms with Gasteiger partial charge < -0.3 is 26.1 Å². The largest absolute Gasteiger partial charge is 0.453 e. The van der Waals surface area contributed by atoms with Crippen molar-refractivity contribution in [1.82, 2.24) is 15.3 Å². The van der Waals surface area contributed by atoms with E-state index in [0.717, 1.165) is 5.56 Å². The molecule has 3 amide bonds. The van der Waals surface area contributed by atoms with Gasteiger partial charge in [-0.3, -0.25) is 14.9 Å². The Balaban J connectivity index is 1.69. The Bertz CT molecular complexity index is 1340. The van der Waals surface area contributed by atoms with Crippen LogP contribution < -0.4 is 21.7 Å². The fourth-order valence-electron chi connectivity index (χ4n) is 3.86. The van der Waals surface area contributed by atoms with E-state index in [0.29, 0.717) is 53.4 Å². The number of aromatic nitrogens is 2. The highest BCUT2D eigenvalue weighted by Crippen LogP contribution is 2.35. The number of carbonyl (C=O) groups is 3. The molecule has 37 heavy (non-hydrogen) atoms. The Kier molecular flexibility index (Phi) is 8.22. The fourth-order valence-corrected chi connectivity index (χ4v) is 4.10. The van der Waals surface area contributed by atoms with E-state index >= 15 is 0 Å². The maximum atomic E-state index is 13.0. The molecule has 1 atom stereocenters. The maximum Gasteiger partial charge on any atom is 0.411 e. The zero-order chi connectivity index (χ0) is 26.4. The molecule has 11 heteroatoms. The van der Waals surface area contributed by atoms with Crippen molar-refractivity contribution in [3.8, 4) is 11.3 Å². The lowest BCUT2D eigenvalue weighted by molar-refractivity contribution is -0.116. The lowest BCUT2D eigenvalue weighted by atomic mass is 10.1. The van der Waals surface area contributed by atoms with Crippen molar-refractivity contribution in [1.29, 1.82) is 0 Å². The Morgan fingerprint density at radius 1 is 1.19 bits per heavy atom. The minimum absolute atomic E-state index is 0.210. The first-order valence-corrected chi connectivity index (χ1v) is 12.0. The van der Waals surface area contributed by atoms with Gasteiger partial charge in [-0.15, -0.1) is 0 Å². The quantitative estimate of drug-likeness (QED) is 0.318. The van der Waals surface area contributed by atoms with Gasteiger partial charge in [-0.2, -0.15) is 0 Å². The van der Waals surface area contributed by atoms with Gasteiger partial charge in [0.05, 0.1) is 18.8 Å². The van der Waals surface area contributed by atoms with Gasteiger partial charge in [0.2, 0.25) is 5.91 Å². The molecule has 2 aromatic carbocycles. The molecule has 1 aliphatic heterocycles. The third-order valence-electron chi connectivity index (χ3n) is 5.82. The molecule has 0 aliphatic carbocycles. The summed E-state index contributed by atoms with van der Waals surface area (Å²) in [5.74, 6) is -0.0148. The normalized spacial score (nSPS) is 16.2. The molecule has 2 bridgehead atoms. The summed E-state index contributed by atoms with van der Waals surface area (Å²) in [4.78, 5) is 45.0. The summed E-state index contributed by atoms with van der Waals surface area (Å²) in [5, 5.41) is 8.71. The second-order valence-electron chi connectivity index (χ2n) is 8.38. The summed E-state index contributed by atoms with van der Waals surface area (Å²) in [7, 11) is 1.26. The number of halogens is 1. The monoisotopic (exact) mass is 522 g/mol. The first-order valence-electron chi connectivity index (χ1n) is 11.7. The van der Waals surface area contributed by atoms with Crippen LogP contribution in [-0.4, -0.2) is 35.0 Å². The molecular weight excluding hydrogens is 496 g/mol. The van der Waals surface area contributed by atoms with Gasteiger partial charge in [-0.1, -0.05) is 35.9 Å². The van der Waals surface area contributed by atoms with Crippen molar-refractivity contribution in [2.24, 2.45) is 5.73 Å². The number of methoxy groups -OCH3 is 1. The van der Waals surface area contributed by atoms with E-state index in [2.05, 4.69) is 30.7 Å². The number of nitrogens with one attached hydrogen (secondary N) is 4. The van der Waals surface area contributed by atoms with Crippen LogP contribution in [0.1, 0.15) is 47.1 Å². The molecule has 4 rings (SSSR count). The molecule has 3 aromatic rings. The third kappa shape index (κ3) is 6.35. The highest BCUT2D eigenvalue weighted by atomic mass is 35.5. The number of nitrogens with zero attached hydrogens (tertiary/aromatic N) is 1. The van der Waals surface area contributed by atoms with Gasteiger partial charge >= 0.3 is 6.09 Å². The number of hydrogen-bond donors (Lipinski definition) is 5. The molecule has 0 unspecified atom stereocenters. The molecule has 10 nitrogen and oxygen atoms in total. The number of carbonyl (C=O) groups excluding carboxylic acids is 3. The van der Waals surface area contributed by atoms with Crippen molar-refractivity contribution < 1.29 is 19.1 Å². The van der Waals surface area contributed by atoms with Crippen molar-refractivity contribution >= 4 is 40.9 Å². The second-order valence-corrected chi connectivity index (χ2v) is 8.76. The van der Waals surface area contributed by atoms with Crippen LogP contribution in [0.2, 0.25) is 5.15 Å². The fraction of sp³-hybridized carbons (Fsp3) is 0.231. The molecular formula is C26H27ClN6O4. The molecule has 2 heterocycles. The number of aromatic amines is 1. The van der Waals surface area contributed by atoms with Crippen LogP contribution in [0.15, 0.2) is 54.6 Å². The number of rotatable bonds is 4. The number of allylic oxidation sites excluding steroid dienone is 1. The number of benzene rings is 2. The van der Waals surface area contributed by atoms with Crippen LogP contribution in [0.4, 0.5) is 16.2 Å². The molecule has 6 N–H and O–H groups in total. The molecule has 192 valence electrons. The van der Waals surface area contributed by atoms with E-state index in [1.807, 2.05) is 24.3 Å². The number of hydrogen-bond acceptors (Lipinski definition) is 6. The molecule has 0 radical (unpaired) electrons. The smallest absolute Gasteiger partial charge is 0.411 e. The van der Waals surface area contributed by atoms with E-state index in [4.69, 9.17) is 17.3 Å². The van der Waals surface area contributed by atoms with Crippen molar-refractivity contribution in [3.63, 3.8) is 0 Å². The number of nitrogens with two attached hydrogens (primary N) is 1. The molecule has 0 fully saturated rings. The average Bonchev–Trinajstić information content (AvgIpc) is 3.28. The molecule has 0 saturated heterocycles. The Morgan fingerprint density at radius 2 is 1.97 bits per heavy atom. The minimum Gasteiger partial charge on any atom is -0.453 e. The third-order valence-corrected chi connectivity index (χ3v) is 6.10. The highest BCUT2D eigenvalue weighted by Gasteiger charge is 2.23. The van der Waals surface area contributed by atoms with Crippen LogP contribution >= 0.6 is 11.6 Å². The maximum absolute atomic E-state index is 13.0. The van der Waals surface area contributed by atoms with Gasteiger partial charge in [0.15, 0.2) is 0 Å². The number of anilines is 2. The van der Waals surface area contributed by atoms with E-state index in [1.165, 1.54) is 7.11 Å². The van der Waals surface area contributed by atoms with Gasteiger partial charge in [0.1, 0.15) is 16.7 Å². The summed E-state index contributed by atoms with van der Waals surface area (Å²) >= 11 is 6.55. The zero-order valence-electron chi connectivity index (χ0n) is 20.1. The van der Waals surface area contributed by atoms with E-state index in [9.17, 15) is 14.4 Å². The van der Waals surface area contributed by atoms with E-state index in [1.54, 1.807) is 30.3 Å². The Labute approximate surface area is 218 Å². The number of imidazole rings is 1. The van der Waals surface area contributed by atoms with Crippen molar-refractivity contribution in [3.05, 3.63) is 76.7 Å². The van der Waals surface area contributed by atoms with Gasteiger partial charge in [-0.25, -0.2) is 9.78 Å². The van der Waals surface area contributed by atoms with Crippen molar-refractivity contribution in [2.75, 3.05) is 17.7 Å². The Morgan fingerprint density at radius 3 is 2.70 bits per heavy atom. The second kappa shape index (κ2) is 11.7. The van der Waals surface area contributed by atoms with E-state index < -0.39 is 12.1 Å². The predicted octanol–water partition coefficient (Wildman–Crippen LogP) is 4.52. The molecule has 0 saturated carbocycles. The lowest BCUT2D eigenvalue weighted by Gasteiger charge is -2.15. The standard InChI is InChI=1S/C26H27ClN6O4/c1-37-26(36)29-17-11-12-18-20(13-17)30-21(34)6-4-2-3-5-19(24-32-22(18)23(27)33-24)31-25(35)16-9-7-15(14-28)8-10-16/h2-3,7-13,19H,4-6,14,28H2,1H3,(H,29,36)(H,30,34)(H,31,35)(H,32,33)/b3-2+/t19-/m0/s1. The number of fused-ring (bicyclic) bond motifs is 4. The van der Waals surface area contributed by atoms with E-state index in [-0.39, 0.29) is 23.4 Å². The summed E-state index contributed by atoms with van der Waals surface area (Å²) in [6.07, 6.45) is 4.33. The van der Waals surface area contributed by atoms with Crippen LogP contribution in [0.5, 0.6) is 0 Å². The topological polar surface area (TPSA) is 151 Å². The minimum atomic E-state index is -0.641. The summed E-state index contributed by atoms with van der Waals surface area (Å²) in [6, 6.07) is 11.5. The first kappa shape index (κ1) is 25.9. The summed E-state index contributed by atoms with van der Waals surface area (Å²) in [5.41, 5.74) is 8.86. The first-order chi connectivity index (χ1) is 17.9. The molecule has 0 spiro atoms.